The van der Waals surface area contributed by atoms with Crippen molar-refractivity contribution in [1.29, 1.82) is 0 Å². The number of benzene rings is 4. The molecule has 0 aliphatic heterocycles. The Balaban J connectivity index is 0.000000237. The Kier molecular flexibility index (Phi) is 11.4. The fraction of sp³-hybridized carbons (Fsp3) is 0.209. The van der Waals surface area contributed by atoms with Crippen LogP contribution in [0.5, 0.6) is 0 Å². The number of halogens is 1. The van der Waals surface area contributed by atoms with Crippen LogP contribution in [0.2, 0.25) is 36.9 Å². The van der Waals surface area contributed by atoms with Gasteiger partial charge in [0.15, 0.2) is 0 Å². The third-order valence-corrected chi connectivity index (χ3v) is 17.7. The van der Waals surface area contributed by atoms with Crippen LogP contribution < -0.4 is 5.19 Å². The number of aryl methyl sites for hydroxylation is 1. The van der Waals surface area contributed by atoms with Gasteiger partial charge in [0.2, 0.25) is 0 Å². The van der Waals surface area contributed by atoms with E-state index in [1.54, 1.807) is 11.3 Å². The fourth-order valence-electron chi connectivity index (χ4n) is 6.03. The molecule has 7 heteroatoms. The van der Waals surface area contributed by atoms with E-state index in [9.17, 15) is 4.39 Å². The van der Waals surface area contributed by atoms with Gasteiger partial charge in [0.05, 0.1) is 8.07 Å². The average Bonchev–Trinajstić information content (AvgIpc) is 3.46. The first-order chi connectivity index (χ1) is 23.6. The summed E-state index contributed by atoms with van der Waals surface area (Å²) in [6.45, 7) is 11.3. The molecular formula is C43H43FGeIrN2SSi-2. The molecule has 0 fully saturated rings. The van der Waals surface area contributed by atoms with Gasteiger partial charge >= 0.3 is 175 Å². The van der Waals surface area contributed by atoms with Gasteiger partial charge in [-0.05, 0) is 29.9 Å². The van der Waals surface area contributed by atoms with E-state index in [1.165, 1.54) is 38.4 Å². The van der Waals surface area contributed by atoms with Crippen molar-refractivity contribution in [3.05, 3.63) is 139 Å². The predicted octanol–water partition coefficient (Wildman–Crippen LogP) is 12.1. The number of rotatable bonds is 6. The number of aromatic nitrogens is 2. The summed E-state index contributed by atoms with van der Waals surface area (Å²) in [5.41, 5.74) is 8.39. The monoisotopic (exact) mass is 934 g/mol. The summed E-state index contributed by atoms with van der Waals surface area (Å²) in [5.74, 6) is 6.62. The molecule has 1 radical (unpaired) electrons. The van der Waals surface area contributed by atoms with Gasteiger partial charge in [0.25, 0.3) is 0 Å². The van der Waals surface area contributed by atoms with E-state index in [-0.39, 0.29) is 25.9 Å². The van der Waals surface area contributed by atoms with E-state index in [0.29, 0.717) is 0 Å². The molecular weight excluding hydrogens is 888 g/mol. The van der Waals surface area contributed by atoms with Gasteiger partial charge in [-0.15, -0.1) is 35.9 Å². The number of nitrogens with zero attached hydrogens (tertiary/aromatic N) is 2. The van der Waals surface area contributed by atoms with Gasteiger partial charge in [-0.3, -0.25) is 0 Å². The summed E-state index contributed by atoms with van der Waals surface area (Å²) < 4.78 is 24.2. The zero-order valence-electron chi connectivity index (χ0n) is 30.9. The number of hydrogen-bond acceptors (Lipinski definition) is 3. The molecule has 2 nitrogen and oxygen atoms in total. The first-order valence-electron chi connectivity index (χ1n) is 17.2. The van der Waals surface area contributed by atoms with Gasteiger partial charge < -0.3 is 4.98 Å². The molecule has 0 N–H and O–H groups in total. The molecule has 257 valence electrons. The van der Waals surface area contributed by atoms with Crippen molar-refractivity contribution in [2.75, 3.05) is 0 Å². The van der Waals surface area contributed by atoms with Crippen LogP contribution in [0.15, 0.2) is 109 Å². The van der Waals surface area contributed by atoms with Crippen LogP contribution in [-0.4, -0.2) is 31.3 Å². The van der Waals surface area contributed by atoms with E-state index in [0.717, 1.165) is 43.9 Å². The second-order valence-electron chi connectivity index (χ2n) is 14.6. The van der Waals surface area contributed by atoms with Crippen LogP contribution in [0.1, 0.15) is 24.1 Å². The van der Waals surface area contributed by atoms with Crippen molar-refractivity contribution in [3.8, 4) is 33.6 Å². The Labute approximate surface area is 319 Å². The molecule has 0 saturated carbocycles. The molecule has 50 heavy (non-hydrogen) atoms. The molecule has 0 bridgehead atoms. The van der Waals surface area contributed by atoms with Crippen molar-refractivity contribution >= 4 is 58.0 Å². The molecule has 7 aromatic rings. The number of thiophene rings is 1. The predicted molar refractivity (Wildman–Crippen MR) is 215 cm³/mol. The molecule has 0 amide bonds. The minimum atomic E-state index is -2.31. The number of pyridine rings is 2. The Bertz CT molecular complexity index is 2300. The molecule has 0 spiro atoms. The van der Waals surface area contributed by atoms with Crippen molar-refractivity contribution in [2.45, 2.75) is 55.5 Å². The summed E-state index contributed by atoms with van der Waals surface area (Å²) >= 11 is -0.573. The third-order valence-electron chi connectivity index (χ3n) is 9.09. The standard InChI is InChI=1S/C28H25FGeNS.C15H18NSi.Ir/c1-18(30(2,3)4)20-14-15-31-26(16-20)25-7-5-6-24-23-13-10-21(17-27(23)32-28(24)25)19-8-11-22(29)12-9-19;1-12-10-14(13-8-6-5-7-9-13)16-11-15(12)17(2,3)4;/h5-6,8-18H,1-4H3;5-8,10-11H,1-4H3;/q2*-1;/i18D;;. The molecule has 3 aromatic heterocycles. The smallest absolute Gasteiger partial charge is 0 e. The molecule has 1 atom stereocenters. The van der Waals surface area contributed by atoms with Gasteiger partial charge in [0, 0.05) is 26.3 Å². The summed E-state index contributed by atoms with van der Waals surface area (Å²) in [7, 11) is -1.27. The molecule has 3 heterocycles. The van der Waals surface area contributed by atoms with Crippen LogP contribution >= 0.6 is 11.3 Å². The molecule has 0 saturated heterocycles. The normalized spacial score (nSPS) is 13.2. The topological polar surface area (TPSA) is 25.8 Å². The maximum absolute atomic E-state index is 13.4. The minimum Gasteiger partial charge on any atom is 0 e. The Morgan fingerprint density at radius 2 is 1.56 bits per heavy atom. The summed E-state index contributed by atoms with van der Waals surface area (Å²) in [6, 6.07) is 38.0. The van der Waals surface area contributed by atoms with Crippen molar-refractivity contribution in [2.24, 2.45) is 0 Å². The van der Waals surface area contributed by atoms with Crippen LogP contribution in [0, 0.1) is 24.9 Å². The van der Waals surface area contributed by atoms with Gasteiger partial charge in [0.1, 0.15) is 5.82 Å². The second-order valence-corrected chi connectivity index (χ2v) is 31.7. The molecule has 0 aliphatic carbocycles. The van der Waals surface area contributed by atoms with E-state index in [2.05, 4.69) is 115 Å². The fourth-order valence-corrected chi connectivity index (χ4v) is 11.1. The van der Waals surface area contributed by atoms with E-state index < -0.39 is 26.1 Å². The maximum atomic E-state index is 13.4. The van der Waals surface area contributed by atoms with Crippen molar-refractivity contribution in [3.63, 3.8) is 0 Å². The Hall–Kier alpha value is -3.26. The SMILES string of the molecule is Cc1cc(-c2[c-]cccc2)ncc1[Si](C)(C)C.[2H][C](C)(c1ccnc(-c2[c-]ccc3c2sc2cc(-c4ccc(F)cc4)ccc23)c1)[Ge]([CH3])([CH3])[CH3].[Ir]. The van der Waals surface area contributed by atoms with Crippen molar-refractivity contribution < 1.29 is 25.9 Å². The number of fused-ring (bicyclic) bond motifs is 3. The molecule has 4 aromatic carbocycles. The van der Waals surface area contributed by atoms with Crippen LogP contribution in [0.4, 0.5) is 4.39 Å². The van der Waals surface area contributed by atoms with E-state index in [4.69, 9.17) is 1.37 Å². The van der Waals surface area contributed by atoms with Gasteiger partial charge in [-0.25, -0.2) is 4.39 Å². The van der Waals surface area contributed by atoms with Crippen molar-refractivity contribution in [1.82, 2.24) is 9.97 Å². The quantitative estimate of drug-likeness (QED) is 0.123. The second kappa shape index (κ2) is 15.5. The number of hydrogen-bond donors (Lipinski definition) is 0. The van der Waals surface area contributed by atoms with Gasteiger partial charge in [-0.1, -0.05) is 31.3 Å². The minimum absolute atomic E-state index is 0. The summed E-state index contributed by atoms with van der Waals surface area (Å²) in [6.07, 6.45) is 3.88. The molecule has 7 rings (SSSR count). The maximum Gasteiger partial charge on any atom is 0 e. The largest absolute Gasteiger partial charge is 0 e. The summed E-state index contributed by atoms with van der Waals surface area (Å²) in [4.78, 5) is 9.26. The first kappa shape index (κ1) is 36.5. The van der Waals surface area contributed by atoms with Crippen LogP contribution in [0.3, 0.4) is 0 Å². The molecule has 0 aliphatic rings. The average molecular weight is 933 g/mol. The Morgan fingerprint density at radius 3 is 2.22 bits per heavy atom. The van der Waals surface area contributed by atoms with Gasteiger partial charge in [-0.2, -0.15) is 0 Å². The zero-order chi connectivity index (χ0) is 35.8. The Morgan fingerprint density at radius 1 is 0.820 bits per heavy atom. The van der Waals surface area contributed by atoms with Crippen LogP contribution in [-0.2, 0) is 20.1 Å². The van der Waals surface area contributed by atoms with E-state index >= 15 is 0 Å². The van der Waals surface area contributed by atoms with E-state index in [1.807, 2.05) is 55.6 Å². The third kappa shape index (κ3) is 8.43. The molecule has 1 unspecified atom stereocenters. The summed E-state index contributed by atoms with van der Waals surface area (Å²) in [5, 5.41) is 3.82. The van der Waals surface area contributed by atoms with Crippen LogP contribution in [0.25, 0.3) is 53.8 Å². The first-order valence-corrected chi connectivity index (χ1v) is 28.3. The zero-order valence-corrected chi connectivity index (χ0v) is 36.2.